The molecule has 0 aromatic heterocycles. The minimum absolute atomic E-state index is 0.0368. The van der Waals surface area contributed by atoms with Crippen LogP contribution in [0, 0.1) is 17.3 Å². The van der Waals surface area contributed by atoms with E-state index < -0.39 is 30.7 Å². The fourth-order valence-corrected chi connectivity index (χ4v) is 10.9. The molecule has 2 saturated carbocycles. The van der Waals surface area contributed by atoms with E-state index in [1.54, 1.807) is 0 Å². The molecule has 6 fully saturated rings. The van der Waals surface area contributed by atoms with Crippen molar-refractivity contribution < 1.29 is 46.6 Å². The fraction of sp³-hybridized carbons (Fsp3) is 0.571. The van der Waals surface area contributed by atoms with E-state index >= 15 is 0 Å². The number of hydrogen-bond donors (Lipinski definition) is 0. The van der Waals surface area contributed by atoms with Crippen molar-refractivity contribution in [2.45, 2.75) is 94.5 Å². The lowest BCUT2D eigenvalue weighted by Crippen LogP contribution is -2.84. The molecule has 10 rings (SSSR count). The van der Waals surface area contributed by atoms with Gasteiger partial charge in [0.2, 0.25) is 0 Å². The molecule has 9 atom stereocenters. The van der Waals surface area contributed by atoms with E-state index in [1.165, 1.54) is 0 Å². The van der Waals surface area contributed by atoms with Crippen molar-refractivity contribution >= 4 is 13.8 Å². The molecule has 5 aliphatic heterocycles. The number of benzene rings is 2. The van der Waals surface area contributed by atoms with Crippen LogP contribution in [0.2, 0.25) is 0 Å². The minimum Gasteiger partial charge on any atom is -0.458 e. The summed E-state index contributed by atoms with van der Waals surface area (Å²) in [6, 6.07) is 18.9. The number of cyclic esters (lactones) is 1. The molecule has 9 unspecified atom stereocenters. The maximum absolute atomic E-state index is 14.0. The summed E-state index contributed by atoms with van der Waals surface area (Å²) >= 11 is 0. The van der Waals surface area contributed by atoms with Gasteiger partial charge >= 0.3 is 13.8 Å². The molecule has 0 N–H and O–H groups in total. The zero-order valence-corrected chi connectivity index (χ0v) is 27.1. The van der Waals surface area contributed by atoms with Crippen LogP contribution >= 0.6 is 7.82 Å². The molecule has 5 heterocycles. The Labute approximate surface area is 268 Å². The van der Waals surface area contributed by atoms with E-state index in [0.29, 0.717) is 19.4 Å². The summed E-state index contributed by atoms with van der Waals surface area (Å²) in [5.41, 5.74) is 1.26. The Hall–Kier alpha value is -2.40. The van der Waals surface area contributed by atoms with Crippen molar-refractivity contribution in [2.24, 2.45) is 17.3 Å². The predicted octanol–water partition coefficient (Wildman–Crippen LogP) is 5.64. The Balaban J connectivity index is 0.987. The summed E-state index contributed by atoms with van der Waals surface area (Å²) < 4.78 is 64.2. The largest absolute Gasteiger partial charge is 0.477 e. The maximum Gasteiger partial charge on any atom is 0.477 e. The number of phosphoric ester groups is 1. The molecule has 2 aromatic rings. The van der Waals surface area contributed by atoms with Crippen molar-refractivity contribution in [3.8, 4) is 0 Å². The van der Waals surface area contributed by atoms with Crippen molar-refractivity contribution in [3.63, 3.8) is 0 Å². The first kappa shape index (κ1) is 29.7. The first-order valence-electron chi connectivity index (χ1n) is 16.3. The van der Waals surface area contributed by atoms with Gasteiger partial charge in [0.15, 0.2) is 6.79 Å². The second kappa shape index (κ2) is 10.1. The van der Waals surface area contributed by atoms with Gasteiger partial charge in [0.05, 0.1) is 19.3 Å². The van der Waals surface area contributed by atoms with E-state index in [4.69, 9.17) is 37.3 Å². The molecule has 2 spiro atoms. The van der Waals surface area contributed by atoms with Crippen molar-refractivity contribution in [1.29, 1.82) is 0 Å². The number of esters is 1. The number of carbonyl (C=O) groups is 1. The van der Waals surface area contributed by atoms with Crippen LogP contribution in [0.1, 0.15) is 51.2 Å². The summed E-state index contributed by atoms with van der Waals surface area (Å²) in [5.74, 6) is -0.0577. The molecule has 4 saturated heterocycles. The normalized spacial score (nSPS) is 41.0. The van der Waals surface area contributed by atoms with Crippen molar-refractivity contribution in [2.75, 3.05) is 13.4 Å². The second-order valence-electron chi connectivity index (χ2n) is 14.3. The first-order valence-corrected chi connectivity index (χ1v) is 17.8. The number of hydrogen-bond acceptors (Lipinski definition) is 10. The van der Waals surface area contributed by atoms with Gasteiger partial charge in [-0.3, -0.25) is 13.6 Å². The topological polar surface area (TPSA) is 115 Å². The highest BCUT2D eigenvalue weighted by molar-refractivity contribution is 7.48. The number of rotatable bonds is 11. The van der Waals surface area contributed by atoms with E-state index in [9.17, 15) is 9.36 Å². The van der Waals surface area contributed by atoms with Crippen molar-refractivity contribution in [1.82, 2.24) is 0 Å². The summed E-state index contributed by atoms with van der Waals surface area (Å²) in [5, 5.41) is 0. The van der Waals surface area contributed by atoms with Gasteiger partial charge in [-0.05, 0) is 35.5 Å². The highest BCUT2D eigenvalue weighted by Gasteiger charge is 2.98. The van der Waals surface area contributed by atoms with Crippen LogP contribution in [0.3, 0.4) is 0 Å². The molecule has 11 heteroatoms. The van der Waals surface area contributed by atoms with Gasteiger partial charge in [0.25, 0.3) is 0 Å². The highest BCUT2D eigenvalue weighted by atomic mass is 31.2. The molecule has 10 nitrogen and oxygen atoms in total. The van der Waals surface area contributed by atoms with Crippen molar-refractivity contribution in [3.05, 3.63) is 82.9 Å². The molecule has 0 radical (unpaired) electrons. The van der Waals surface area contributed by atoms with Crippen LogP contribution in [0.25, 0.3) is 0 Å². The van der Waals surface area contributed by atoms with E-state index in [-0.39, 0.29) is 61.5 Å². The third-order valence-corrected chi connectivity index (χ3v) is 13.3. The minimum atomic E-state index is -4.07. The Morgan fingerprint density at radius 2 is 1.57 bits per heavy atom. The Kier molecular flexibility index (Phi) is 6.50. The number of carbonyl (C=O) groups excluding carboxylic acids is 1. The Bertz CT molecular complexity index is 1590. The zero-order valence-electron chi connectivity index (χ0n) is 26.2. The van der Waals surface area contributed by atoms with Gasteiger partial charge in [0.1, 0.15) is 41.7 Å². The number of ether oxygens (including phenoxy) is 5. The molecule has 244 valence electrons. The summed E-state index contributed by atoms with van der Waals surface area (Å²) in [7, 11) is -4.07. The lowest BCUT2D eigenvalue weighted by Gasteiger charge is -2.70. The van der Waals surface area contributed by atoms with Crippen LogP contribution in [0.5, 0.6) is 0 Å². The molecule has 2 aromatic carbocycles. The van der Waals surface area contributed by atoms with Crippen LogP contribution < -0.4 is 0 Å². The molecular weight excluding hydrogens is 611 g/mol. The molecule has 2 bridgehead atoms. The lowest BCUT2D eigenvalue weighted by atomic mass is 9.42. The van der Waals surface area contributed by atoms with E-state index in [1.807, 2.05) is 60.7 Å². The molecule has 46 heavy (non-hydrogen) atoms. The predicted molar refractivity (Wildman–Crippen MR) is 162 cm³/mol. The smallest absolute Gasteiger partial charge is 0.458 e. The fourth-order valence-electron chi connectivity index (χ4n) is 9.86. The van der Waals surface area contributed by atoms with Crippen LogP contribution in [-0.2, 0) is 59.8 Å². The molecule has 8 aliphatic rings. The summed E-state index contributed by atoms with van der Waals surface area (Å²) in [6.07, 6.45) is 1.26. The summed E-state index contributed by atoms with van der Waals surface area (Å²) in [4.78, 5) is 12.5. The maximum atomic E-state index is 14.0. The van der Waals surface area contributed by atoms with Gasteiger partial charge < -0.3 is 23.7 Å². The van der Waals surface area contributed by atoms with Crippen LogP contribution in [0.15, 0.2) is 71.8 Å². The average Bonchev–Trinajstić information content (AvgIpc) is 3.94. The third kappa shape index (κ3) is 3.84. The zero-order chi connectivity index (χ0) is 31.5. The van der Waals surface area contributed by atoms with Gasteiger partial charge in [-0.25, -0.2) is 9.36 Å². The molecule has 3 aliphatic carbocycles. The SMILES string of the molecule is CC(C)C12OC1C1OC13C1(C)CCC4=C(COC4=O)C1C1CC3(O1)C2OCOP(=O)(OCc1ccccc1)OCc1ccccc1. The van der Waals surface area contributed by atoms with E-state index in [0.717, 1.165) is 28.7 Å². The first-order chi connectivity index (χ1) is 22.2. The van der Waals surface area contributed by atoms with Gasteiger partial charge in [-0.1, -0.05) is 81.4 Å². The van der Waals surface area contributed by atoms with Gasteiger partial charge in [0, 0.05) is 23.3 Å². The monoisotopic (exact) mass is 650 g/mol. The lowest BCUT2D eigenvalue weighted by molar-refractivity contribution is -0.375. The average molecular weight is 651 g/mol. The summed E-state index contributed by atoms with van der Waals surface area (Å²) in [6.45, 7) is 6.63. The molecule has 0 amide bonds. The molecular formula is C35H39O10P. The van der Waals surface area contributed by atoms with Gasteiger partial charge in [-0.2, -0.15) is 0 Å². The third-order valence-electron chi connectivity index (χ3n) is 12.0. The number of fused-ring (bicyclic) bond motifs is 2. The standard InChI is InChI=1S/C35H39O10P/c1-21(2)34-28(44-34)29-35(45-29)32(3)15-14-24-25(19-38-30(24)36)27(32)26-16-33(35,43-26)31(34)39-20-42-46(37,40-17-22-10-6-4-7-11-22)41-18-23-12-8-5-9-13-23/h4-13,21,26-29,31H,14-20H2,1-3H3. The highest BCUT2D eigenvalue weighted by Crippen LogP contribution is 2.82. The Morgan fingerprint density at radius 3 is 2.20 bits per heavy atom. The second-order valence-corrected chi connectivity index (χ2v) is 16.0. The number of phosphoric acid groups is 1. The van der Waals surface area contributed by atoms with Gasteiger partial charge in [-0.15, -0.1) is 0 Å². The van der Waals surface area contributed by atoms with Crippen LogP contribution in [0.4, 0.5) is 0 Å². The number of epoxide rings is 2. The Morgan fingerprint density at radius 1 is 0.913 bits per heavy atom. The van der Waals surface area contributed by atoms with E-state index in [2.05, 4.69) is 20.8 Å². The quantitative estimate of drug-likeness (QED) is 0.131. The van der Waals surface area contributed by atoms with Crippen LogP contribution in [-0.4, -0.2) is 60.6 Å².